The molecule has 6 aromatic rings. The molecule has 0 fully saturated rings. The zero-order valence-corrected chi connectivity index (χ0v) is 22.1. The van der Waals surface area contributed by atoms with Crippen LogP contribution < -0.4 is 4.90 Å². The van der Waals surface area contributed by atoms with Crippen molar-refractivity contribution in [1.29, 1.82) is 0 Å². The molecule has 4 aromatic carbocycles. The van der Waals surface area contributed by atoms with Gasteiger partial charge in [0.05, 0.1) is 0 Å². The van der Waals surface area contributed by atoms with Crippen molar-refractivity contribution < 1.29 is 9.59 Å². The second-order valence-corrected chi connectivity index (χ2v) is 12.3. The van der Waals surface area contributed by atoms with Gasteiger partial charge in [0.25, 0.3) is 0 Å². The molecule has 0 amide bonds. The second-order valence-electron chi connectivity index (χ2n) is 8.93. The maximum atomic E-state index is 13.3. The van der Waals surface area contributed by atoms with Crippen molar-refractivity contribution in [3.05, 3.63) is 130 Å². The van der Waals surface area contributed by atoms with Gasteiger partial charge in [0.15, 0.2) is 0 Å². The van der Waals surface area contributed by atoms with Gasteiger partial charge in [0.2, 0.25) is 0 Å². The summed E-state index contributed by atoms with van der Waals surface area (Å²) in [4.78, 5) is 28.8. The number of ketones is 2. The van der Waals surface area contributed by atoms with E-state index in [0.717, 1.165) is 25.9 Å². The van der Waals surface area contributed by atoms with Crippen LogP contribution in [-0.4, -0.2) is 26.1 Å². The molecule has 3 nitrogen and oxygen atoms in total. The van der Waals surface area contributed by atoms with Crippen LogP contribution in [0, 0.1) is 0 Å². The molecule has 37 heavy (non-hydrogen) atoms. The van der Waals surface area contributed by atoms with Crippen molar-refractivity contribution in [2.24, 2.45) is 0 Å². The molecule has 1 aliphatic rings. The normalized spacial score (nSPS) is 12.9. The van der Waals surface area contributed by atoms with E-state index in [1.165, 1.54) is 14.6 Å². The number of nitrogens with zero attached hydrogens (tertiary/aromatic N) is 1. The number of rotatable bonds is 4. The Morgan fingerprint density at radius 1 is 0.649 bits per heavy atom. The van der Waals surface area contributed by atoms with Crippen LogP contribution in [0.3, 0.4) is 0 Å². The third-order valence-corrected chi connectivity index (χ3v) is 9.87. The van der Waals surface area contributed by atoms with Crippen LogP contribution in [0.1, 0.15) is 25.2 Å². The van der Waals surface area contributed by atoms with Gasteiger partial charge in [0, 0.05) is 0 Å². The van der Waals surface area contributed by atoms with E-state index in [9.17, 15) is 9.59 Å². The monoisotopic (exact) mass is 561 g/mol. The second kappa shape index (κ2) is 8.82. The van der Waals surface area contributed by atoms with E-state index in [1.54, 1.807) is 11.3 Å². The Morgan fingerprint density at radius 3 is 1.95 bits per heavy atom. The molecular formula is C32H19NO2SSe. The summed E-state index contributed by atoms with van der Waals surface area (Å²) in [6.07, 6.45) is 1.81. The number of carbonyl (C=O) groups is 2. The Morgan fingerprint density at radius 2 is 1.27 bits per heavy atom. The van der Waals surface area contributed by atoms with E-state index in [1.807, 2.05) is 66.7 Å². The minimum atomic E-state index is -0.180. The molecule has 1 aliphatic carbocycles. The number of benzene rings is 4. The van der Waals surface area contributed by atoms with E-state index >= 15 is 0 Å². The van der Waals surface area contributed by atoms with Crippen LogP contribution in [0.25, 0.3) is 26.9 Å². The minimum absolute atomic E-state index is 0.0704. The van der Waals surface area contributed by atoms with Gasteiger partial charge in [-0.3, -0.25) is 0 Å². The number of hydrogen-bond donors (Lipinski definition) is 0. The van der Waals surface area contributed by atoms with Crippen LogP contribution in [0.5, 0.6) is 0 Å². The molecule has 0 atom stereocenters. The summed E-state index contributed by atoms with van der Waals surface area (Å²) < 4.78 is 3.42. The third-order valence-electron chi connectivity index (χ3n) is 6.63. The zero-order valence-electron chi connectivity index (χ0n) is 19.5. The van der Waals surface area contributed by atoms with Crippen LogP contribution in [-0.2, 0) is 0 Å². The first-order chi connectivity index (χ1) is 18.2. The molecule has 0 aliphatic heterocycles. The predicted molar refractivity (Wildman–Crippen MR) is 154 cm³/mol. The fourth-order valence-electron chi connectivity index (χ4n) is 4.84. The molecule has 5 heteroatoms. The Balaban J connectivity index is 1.29. The van der Waals surface area contributed by atoms with E-state index < -0.39 is 0 Å². The molecule has 0 saturated heterocycles. The molecule has 0 unspecified atom stereocenters. The van der Waals surface area contributed by atoms with Crippen molar-refractivity contribution in [2.45, 2.75) is 0 Å². The first-order valence-corrected chi connectivity index (χ1v) is 14.5. The maximum absolute atomic E-state index is 13.3. The Kier molecular flexibility index (Phi) is 5.29. The van der Waals surface area contributed by atoms with Gasteiger partial charge in [0.1, 0.15) is 0 Å². The van der Waals surface area contributed by atoms with Gasteiger partial charge in [-0.25, -0.2) is 0 Å². The van der Waals surface area contributed by atoms with E-state index in [0.29, 0.717) is 11.1 Å². The first-order valence-electron chi connectivity index (χ1n) is 11.9. The van der Waals surface area contributed by atoms with E-state index in [4.69, 9.17) is 0 Å². The number of fused-ring (bicyclic) bond motifs is 3. The number of allylic oxidation sites excluding steroid dienone is 1. The molecule has 2 aromatic heterocycles. The predicted octanol–water partition coefficient (Wildman–Crippen LogP) is 8.04. The molecule has 0 saturated carbocycles. The number of thiophene rings is 1. The van der Waals surface area contributed by atoms with Crippen molar-refractivity contribution in [2.75, 3.05) is 4.90 Å². The Labute approximate surface area is 223 Å². The Bertz CT molecular complexity index is 1790. The van der Waals surface area contributed by atoms with Gasteiger partial charge in [-0.15, -0.1) is 0 Å². The first kappa shape index (κ1) is 22.2. The topological polar surface area (TPSA) is 37.4 Å². The third kappa shape index (κ3) is 3.80. The van der Waals surface area contributed by atoms with Gasteiger partial charge in [-0.05, 0) is 0 Å². The van der Waals surface area contributed by atoms with Gasteiger partial charge >= 0.3 is 224 Å². The standard InChI is InChI=1S/C32H19NO2SSe/c34-31-25-16-20-8-4-5-9-21(20)17-26(25)32(35)27(31)19-24-14-15-30(37-24)33(23-11-2-1-3-12-23)29-18-22-10-6-7-13-28(22)36-29/h1-19H. The van der Waals surface area contributed by atoms with Crippen molar-refractivity contribution >= 4 is 79.6 Å². The molecule has 0 N–H and O–H groups in total. The number of hydrogen-bond acceptors (Lipinski definition) is 4. The summed E-state index contributed by atoms with van der Waals surface area (Å²) in [7, 11) is 0. The molecule has 0 radical (unpaired) electrons. The summed E-state index contributed by atoms with van der Waals surface area (Å²) in [5.41, 5.74) is 2.37. The summed E-state index contributed by atoms with van der Waals surface area (Å²) in [5, 5.41) is 4.31. The summed E-state index contributed by atoms with van der Waals surface area (Å²) in [5.74, 6) is -0.361. The number of Topliss-reactive ketones (excluding diaryl/α,β-unsaturated/α-hetero) is 2. The van der Waals surface area contributed by atoms with E-state index in [2.05, 4.69) is 53.4 Å². The van der Waals surface area contributed by atoms with Crippen molar-refractivity contribution in [3.8, 4) is 0 Å². The van der Waals surface area contributed by atoms with Crippen LogP contribution >= 0.6 is 11.3 Å². The molecule has 7 rings (SSSR count). The van der Waals surface area contributed by atoms with Crippen molar-refractivity contribution in [3.63, 3.8) is 0 Å². The molecular weight excluding hydrogens is 541 g/mol. The fraction of sp³-hybridized carbons (Fsp3) is 0. The molecule has 0 spiro atoms. The molecule has 0 bridgehead atoms. The molecule has 2 heterocycles. The Hall–Kier alpha value is -4.02. The summed E-state index contributed by atoms with van der Waals surface area (Å²) in [6, 6.07) is 36.7. The number of anilines is 3. The van der Waals surface area contributed by atoms with Gasteiger partial charge in [-0.1, -0.05) is 0 Å². The van der Waals surface area contributed by atoms with Crippen LogP contribution in [0.15, 0.2) is 115 Å². The quantitative estimate of drug-likeness (QED) is 0.124. The number of para-hydroxylation sites is 1. The number of carbonyl (C=O) groups excluding carboxylic acids is 2. The summed E-state index contributed by atoms with van der Waals surface area (Å²) in [6.45, 7) is 0. The van der Waals surface area contributed by atoms with Crippen LogP contribution in [0.4, 0.5) is 15.2 Å². The average molecular weight is 561 g/mol. The fourth-order valence-corrected chi connectivity index (χ4v) is 8.14. The van der Waals surface area contributed by atoms with Gasteiger partial charge < -0.3 is 0 Å². The summed E-state index contributed by atoms with van der Waals surface area (Å²) >= 11 is 1.69. The zero-order chi connectivity index (χ0) is 24.9. The SMILES string of the molecule is O=C1C(=Cc2ccc(N(c3ccccc3)c3cc4ccccc4s3)[se]2)C(=O)c2cc3ccccc3cc21. The average Bonchev–Trinajstić information content (AvgIpc) is 3.63. The van der Waals surface area contributed by atoms with E-state index in [-0.39, 0.29) is 31.6 Å². The van der Waals surface area contributed by atoms with Crippen molar-refractivity contribution in [1.82, 2.24) is 0 Å². The van der Waals surface area contributed by atoms with Gasteiger partial charge in [-0.2, -0.15) is 0 Å². The van der Waals surface area contributed by atoms with Crippen LogP contribution in [0.2, 0.25) is 0 Å². The molecule has 176 valence electrons.